The van der Waals surface area contributed by atoms with Gasteiger partial charge in [-0.2, -0.15) is 0 Å². The van der Waals surface area contributed by atoms with Gasteiger partial charge in [0.15, 0.2) is 0 Å². The van der Waals surface area contributed by atoms with Crippen molar-refractivity contribution in [1.82, 2.24) is 0 Å². The first-order chi connectivity index (χ1) is 11.6. The van der Waals surface area contributed by atoms with E-state index in [1.807, 2.05) is 0 Å². The smallest absolute Gasteiger partial charge is 0.125 e. The highest BCUT2D eigenvalue weighted by atomic mass is 16.5. The van der Waals surface area contributed by atoms with Gasteiger partial charge in [-0.3, -0.25) is 0 Å². The molecule has 24 heavy (non-hydrogen) atoms. The van der Waals surface area contributed by atoms with Crippen LogP contribution >= 0.6 is 0 Å². The number of hydrogen-bond donors (Lipinski definition) is 0. The minimum Gasteiger partial charge on any atom is -0.487 e. The summed E-state index contributed by atoms with van der Waals surface area (Å²) in [7, 11) is 0. The highest BCUT2D eigenvalue weighted by molar-refractivity contribution is 5.42. The molecule has 0 spiro atoms. The average Bonchev–Trinajstić information content (AvgIpc) is 2.61. The van der Waals surface area contributed by atoms with Crippen LogP contribution in [0.1, 0.15) is 62.5 Å². The van der Waals surface area contributed by atoms with Crippen molar-refractivity contribution in [3.63, 3.8) is 0 Å². The summed E-state index contributed by atoms with van der Waals surface area (Å²) >= 11 is 0. The van der Waals surface area contributed by atoms with Gasteiger partial charge in [-0.15, -0.1) is 0 Å². The van der Waals surface area contributed by atoms with E-state index in [9.17, 15) is 0 Å². The van der Waals surface area contributed by atoms with Gasteiger partial charge in [0.2, 0.25) is 0 Å². The second-order valence-electron chi connectivity index (χ2n) is 7.57. The lowest BCUT2D eigenvalue weighted by molar-refractivity contribution is -0.151. The predicted molar refractivity (Wildman–Crippen MR) is 96.3 cm³/mol. The van der Waals surface area contributed by atoms with Crippen LogP contribution in [0.15, 0.2) is 48.5 Å². The Bertz CT molecular complexity index is 720. The summed E-state index contributed by atoms with van der Waals surface area (Å²) in [6, 6.07) is 17.2. The van der Waals surface area contributed by atoms with Crippen molar-refractivity contribution in [1.29, 1.82) is 0 Å². The molecule has 2 heteroatoms. The average molecular weight is 322 g/mol. The lowest BCUT2D eigenvalue weighted by atomic mass is 9.74. The van der Waals surface area contributed by atoms with E-state index < -0.39 is 0 Å². The van der Waals surface area contributed by atoms with Gasteiger partial charge in [-0.25, -0.2) is 0 Å². The molecule has 0 radical (unpaired) electrons. The Labute approximate surface area is 144 Å². The largest absolute Gasteiger partial charge is 0.487 e. The Balaban J connectivity index is 1.72. The number of rotatable bonds is 2. The fourth-order valence-electron chi connectivity index (χ4n) is 4.23. The van der Waals surface area contributed by atoms with Crippen molar-refractivity contribution in [2.45, 2.75) is 57.8 Å². The van der Waals surface area contributed by atoms with Gasteiger partial charge in [-0.1, -0.05) is 43.3 Å². The number of aryl methyl sites for hydroxylation is 1. The van der Waals surface area contributed by atoms with Gasteiger partial charge in [0.25, 0.3) is 0 Å². The van der Waals surface area contributed by atoms with E-state index in [4.69, 9.17) is 9.47 Å². The van der Waals surface area contributed by atoms with Crippen LogP contribution < -0.4 is 4.74 Å². The molecule has 0 aromatic heterocycles. The lowest BCUT2D eigenvalue weighted by Gasteiger charge is -2.49. The van der Waals surface area contributed by atoms with Crippen LogP contribution in [0.2, 0.25) is 0 Å². The first kappa shape index (κ1) is 15.7. The quantitative estimate of drug-likeness (QED) is 0.713. The van der Waals surface area contributed by atoms with E-state index in [-0.39, 0.29) is 17.8 Å². The molecule has 1 saturated heterocycles. The molecule has 4 rings (SSSR count). The molecule has 3 atom stereocenters. The second-order valence-corrected chi connectivity index (χ2v) is 7.57. The van der Waals surface area contributed by atoms with Crippen LogP contribution in [-0.2, 0) is 11.2 Å². The molecule has 0 N–H and O–H groups in total. The molecule has 2 aliphatic heterocycles. The fraction of sp³-hybridized carbons (Fsp3) is 0.455. The summed E-state index contributed by atoms with van der Waals surface area (Å²) in [6.07, 6.45) is 3.53. The summed E-state index contributed by atoms with van der Waals surface area (Å²) < 4.78 is 13.0. The Morgan fingerprint density at radius 2 is 1.83 bits per heavy atom. The number of fused-ring (bicyclic) bond motifs is 3. The fourth-order valence-corrected chi connectivity index (χ4v) is 4.23. The first-order valence-corrected chi connectivity index (χ1v) is 9.10. The second kappa shape index (κ2) is 5.93. The maximum atomic E-state index is 6.66. The maximum Gasteiger partial charge on any atom is 0.125 e. The van der Waals surface area contributed by atoms with Crippen molar-refractivity contribution in [2.24, 2.45) is 5.92 Å². The van der Waals surface area contributed by atoms with Gasteiger partial charge >= 0.3 is 0 Å². The van der Waals surface area contributed by atoms with Gasteiger partial charge in [0.1, 0.15) is 11.4 Å². The van der Waals surface area contributed by atoms with Crippen LogP contribution in [0.5, 0.6) is 5.75 Å². The number of ether oxygens (including phenoxy) is 2. The Kier molecular flexibility index (Phi) is 3.88. The van der Waals surface area contributed by atoms with Crippen molar-refractivity contribution in [3.8, 4) is 5.75 Å². The molecule has 0 amide bonds. The van der Waals surface area contributed by atoms with Crippen molar-refractivity contribution >= 4 is 0 Å². The Morgan fingerprint density at radius 3 is 2.58 bits per heavy atom. The molecule has 2 aliphatic rings. The third-order valence-corrected chi connectivity index (χ3v) is 5.64. The van der Waals surface area contributed by atoms with Crippen molar-refractivity contribution < 1.29 is 9.47 Å². The van der Waals surface area contributed by atoms with Crippen LogP contribution in [-0.4, -0.2) is 5.60 Å². The highest BCUT2D eigenvalue weighted by Gasteiger charge is 2.47. The van der Waals surface area contributed by atoms with E-state index in [0.717, 1.165) is 25.0 Å². The molecular formula is C22H26O2. The van der Waals surface area contributed by atoms with E-state index in [1.165, 1.54) is 16.7 Å². The zero-order valence-corrected chi connectivity index (χ0v) is 14.8. The normalized spacial score (nSPS) is 27.7. The SMILES string of the molecule is CCc1ccc2c(c1)[C@H]1O[C@@H](c3ccccc3)CC[C@@H]1C(C)(C)O2. The minimum absolute atomic E-state index is 0.120. The standard InChI is InChI=1S/C22H26O2/c1-4-15-10-12-20-17(14-15)21-18(22(2,3)24-20)11-13-19(23-21)16-8-6-5-7-9-16/h5-10,12,14,18-19,21H,4,11,13H2,1-3H3/t18-,19+,21+/m0/s1. The molecule has 0 saturated carbocycles. The number of benzene rings is 2. The molecule has 126 valence electrons. The van der Waals surface area contributed by atoms with Gasteiger partial charge < -0.3 is 9.47 Å². The first-order valence-electron chi connectivity index (χ1n) is 9.10. The zero-order chi connectivity index (χ0) is 16.7. The summed E-state index contributed by atoms with van der Waals surface area (Å²) in [4.78, 5) is 0. The molecule has 0 aliphatic carbocycles. The highest BCUT2D eigenvalue weighted by Crippen LogP contribution is 2.53. The molecule has 2 aromatic rings. The van der Waals surface area contributed by atoms with E-state index in [1.54, 1.807) is 0 Å². The van der Waals surface area contributed by atoms with Crippen LogP contribution in [0, 0.1) is 5.92 Å². The Hall–Kier alpha value is -1.80. The molecule has 2 aromatic carbocycles. The monoisotopic (exact) mass is 322 g/mol. The minimum atomic E-state index is -0.187. The van der Waals surface area contributed by atoms with E-state index in [0.29, 0.717) is 5.92 Å². The molecule has 1 fully saturated rings. The molecular weight excluding hydrogens is 296 g/mol. The maximum absolute atomic E-state index is 6.66. The van der Waals surface area contributed by atoms with Gasteiger partial charge in [-0.05, 0) is 56.4 Å². The molecule has 2 heterocycles. The summed E-state index contributed by atoms with van der Waals surface area (Å²) in [5.74, 6) is 1.39. The van der Waals surface area contributed by atoms with Crippen LogP contribution in [0.4, 0.5) is 0 Å². The summed E-state index contributed by atoms with van der Waals surface area (Å²) in [6.45, 7) is 6.60. The van der Waals surface area contributed by atoms with Crippen LogP contribution in [0.25, 0.3) is 0 Å². The molecule has 2 nitrogen and oxygen atoms in total. The summed E-state index contributed by atoms with van der Waals surface area (Å²) in [5, 5.41) is 0. The predicted octanol–water partition coefficient (Wildman–Crippen LogP) is 5.63. The zero-order valence-electron chi connectivity index (χ0n) is 14.8. The third-order valence-electron chi connectivity index (χ3n) is 5.64. The summed E-state index contributed by atoms with van der Waals surface area (Å²) in [5.41, 5.74) is 3.68. The van der Waals surface area contributed by atoms with Crippen molar-refractivity contribution in [3.05, 3.63) is 65.2 Å². The third kappa shape index (κ3) is 2.63. The van der Waals surface area contributed by atoms with Crippen LogP contribution in [0.3, 0.4) is 0 Å². The van der Waals surface area contributed by atoms with E-state index >= 15 is 0 Å². The topological polar surface area (TPSA) is 18.5 Å². The number of hydrogen-bond acceptors (Lipinski definition) is 2. The van der Waals surface area contributed by atoms with E-state index in [2.05, 4.69) is 69.3 Å². The Morgan fingerprint density at radius 1 is 1.04 bits per heavy atom. The van der Waals surface area contributed by atoms with Crippen molar-refractivity contribution in [2.75, 3.05) is 0 Å². The lowest BCUT2D eigenvalue weighted by Crippen LogP contribution is -2.47. The molecule has 0 bridgehead atoms. The molecule has 0 unspecified atom stereocenters. The van der Waals surface area contributed by atoms with Gasteiger partial charge in [0, 0.05) is 11.5 Å². The van der Waals surface area contributed by atoms with Gasteiger partial charge in [0.05, 0.1) is 12.2 Å².